The Morgan fingerprint density at radius 1 is 1.16 bits per heavy atom. The second-order valence-corrected chi connectivity index (χ2v) is 9.08. The van der Waals surface area contributed by atoms with E-state index in [1.54, 1.807) is 17.6 Å². The predicted octanol–water partition coefficient (Wildman–Crippen LogP) is 2.54. The third-order valence-corrected chi connectivity index (χ3v) is 6.23. The SMILES string of the molecule is CC(O)CCn1c(=O)c2c(nc(Cc3cccc(OC(F)(F)F)c3)n2CC2C=CC=CN2C)n(C)c1=O. The Balaban J connectivity index is 1.85. The molecule has 1 N–H and O–H groups in total. The van der Waals surface area contributed by atoms with E-state index in [4.69, 9.17) is 0 Å². The standard InChI is InChI=1S/C25H28F3N5O4/c1-16(34)10-12-32-23(35)21-22(31(3)24(32)36)29-20(33(21)15-18-8-4-5-11-30(18)2)14-17-7-6-9-19(13-17)37-25(26,27)28/h4-9,11,13,16,18,34H,10,12,14-15H2,1-3H3. The first-order chi connectivity index (χ1) is 17.4. The second kappa shape index (κ2) is 10.3. The zero-order chi connectivity index (χ0) is 26.9. The summed E-state index contributed by atoms with van der Waals surface area (Å²) in [6.45, 7) is 1.92. The highest BCUT2D eigenvalue weighted by Crippen LogP contribution is 2.25. The van der Waals surface area contributed by atoms with Gasteiger partial charge in [-0.25, -0.2) is 9.78 Å². The van der Waals surface area contributed by atoms with Crippen molar-refractivity contribution in [3.05, 3.63) is 80.9 Å². The summed E-state index contributed by atoms with van der Waals surface area (Å²) in [6.07, 6.45) is 2.40. The molecule has 0 saturated heterocycles. The van der Waals surface area contributed by atoms with Crippen molar-refractivity contribution in [2.75, 3.05) is 7.05 Å². The van der Waals surface area contributed by atoms with Gasteiger partial charge in [-0.2, -0.15) is 0 Å². The first-order valence-corrected chi connectivity index (χ1v) is 11.7. The van der Waals surface area contributed by atoms with Crippen molar-refractivity contribution in [1.82, 2.24) is 23.6 Å². The van der Waals surface area contributed by atoms with Crippen molar-refractivity contribution in [2.24, 2.45) is 7.05 Å². The highest BCUT2D eigenvalue weighted by molar-refractivity contribution is 5.71. The lowest BCUT2D eigenvalue weighted by Crippen LogP contribution is -2.40. The summed E-state index contributed by atoms with van der Waals surface area (Å²) in [6, 6.07) is 5.43. The number of imidazole rings is 1. The van der Waals surface area contributed by atoms with Gasteiger partial charge in [0.05, 0.1) is 12.1 Å². The molecular formula is C25H28F3N5O4. The molecule has 0 aliphatic carbocycles. The number of nitrogens with zero attached hydrogens (tertiary/aromatic N) is 5. The van der Waals surface area contributed by atoms with E-state index in [0.717, 1.165) is 4.57 Å². The van der Waals surface area contributed by atoms with Crippen LogP contribution in [0.1, 0.15) is 24.7 Å². The summed E-state index contributed by atoms with van der Waals surface area (Å²) in [5.41, 5.74) is -0.219. The van der Waals surface area contributed by atoms with Gasteiger partial charge in [0.2, 0.25) is 0 Å². The van der Waals surface area contributed by atoms with Gasteiger partial charge in [-0.15, -0.1) is 13.2 Å². The summed E-state index contributed by atoms with van der Waals surface area (Å²) in [4.78, 5) is 33.1. The maximum absolute atomic E-state index is 13.6. The van der Waals surface area contributed by atoms with E-state index in [1.165, 1.54) is 29.8 Å². The van der Waals surface area contributed by atoms with E-state index in [0.29, 0.717) is 17.9 Å². The average Bonchev–Trinajstić information content (AvgIpc) is 3.16. The smallest absolute Gasteiger partial charge is 0.406 e. The number of hydrogen-bond acceptors (Lipinski definition) is 6. The molecule has 2 unspecified atom stereocenters. The fourth-order valence-corrected chi connectivity index (χ4v) is 4.30. The van der Waals surface area contributed by atoms with Crippen LogP contribution in [0, 0.1) is 0 Å². The van der Waals surface area contributed by atoms with Gasteiger partial charge >= 0.3 is 12.1 Å². The van der Waals surface area contributed by atoms with E-state index >= 15 is 0 Å². The number of rotatable bonds is 8. The summed E-state index contributed by atoms with van der Waals surface area (Å²) >= 11 is 0. The molecular weight excluding hydrogens is 491 g/mol. The minimum Gasteiger partial charge on any atom is -0.406 e. The number of likely N-dealkylation sites (N-methyl/N-ethyl adjacent to an activating group) is 1. The van der Waals surface area contributed by atoms with Gasteiger partial charge in [0.1, 0.15) is 11.6 Å². The third-order valence-electron chi connectivity index (χ3n) is 6.23. The monoisotopic (exact) mass is 519 g/mol. The van der Waals surface area contributed by atoms with Crippen LogP contribution >= 0.6 is 0 Å². The normalized spacial score (nSPS) is 16.5. The van der Waals surface area contributed by atoms with Crippen LogP contribution in [-0.4, -0.2) is 54.2 Å². The fourth-order valence-electron chi connectivity index (χ4n) is 4.30. The number of aliphatic hydroxyl groups excluding tert-OH is 1. The molecule has 3 heterocycles. The number of fused-ring (bicyclic) bond motifs is 1. The van der Waals surface area contributed by atoms with Gasteiger partial charge in [-0.3, -0.25) is 13.9 Å². The zero-order valence-electron chi connectivity index (χ0n) is 20.6. The number of aryl methyl sites for hydroxylation is 1. The molecule has 2 atom stereocenters. The first kappa shape index (κ1) is 26.3. The van der Waals surface area contributed by atoms with Crippen LogP contribution in [0.4, 0.5) is 13.2 Å². The van der Waals surface area contributed by atoms with Crippen LogP contribution in [0.2, 0.25) is 0 Å². The Kier molecular flexibility index (Phi) is 7.30. The topological polar surface area (TPSA) is 94.5 Å². The highest BCUT2D eigenvalue weighted by Gasteiger charge is 2.31. The number of aliphatic hydroxyl groups is 1. The highest BCUT2D eigenvalue weighted by atomic mass is 19.4. The quantitative estimate of drug-likeness (QED) is 0.492. The predicted molar refractivity (Wildman–Crippen MR) is 131 cm³/mol. The Labute approximate surface area is 210 Å². The molecule has 0 saturated carbocycles. The summed E-state index contributed by atoms with van der Waals surface area (Å²) in [7, 11) is 3.40. The van der Waals surface area contributed by atoms with Crippen molar-refractivity contribution >= 4 is 11.2 Å². The number of hydrogen-bond donors (Lipinski definition) is 1. The zero-order valence-corrected chi connectivity index (χ0v) is 20.6. The van der Waals surface area contributed by atoms with Crippen LogP contribution < -0.4 is 16.0 Å². The number of ether oxygens (including phenoxy) is 1. The molecule has 2 aromatic heterocycles. The molecule has 3 aromatic rings. The Bertz CT molecular complexity index is 1470. The van der Waals surface area contributed by atoms with E-state index in [1.807, 2.05) is 36.4 Å². The van der Waals surface area contributed by atoms with Crippen LogP contribution in [0.25, 0.3) is 11.2 Å². The lowest BCUT2D eigenvalue weighted by molar-refractivity contribution is -0.274. The molecule has 1 aromatic carbocycles. The Morgan fingerprint density at radius 2 is 1.92 bits per heavy atom. The minimum atomic E-state index is -4.83. The van der Waals surface area contributed by atoms with Crippen molar-refractivity contribution < 1.29 is 23.0 Å². The lowest BCUT2D eigenvalue weighted by atomic mass is 10.1. The number of allylic oxidation sites excluding steroid dienone is 2. The van der Waals surface area contributed by atoms with Crippen LogP contribution in [0.5, 0.6) is 5.75 Å². The number of benzene rings is 1. The fraction of sp³-hybridized carbons (Fsp3) is 0.400. The molecule has 4 rings (SSSR count). The number of halogens is 3. The van der Waals surface area contributed by atoms with Crippen LogP contribution in [0.3, 0.4) is 0 Å². The van der Waals surface area contributed by atoms with Crippen molar-refractivity contribution in [1.29, 1.82) is 0 Å². The van der Waals surface area contributed by atoms with Gasteiger partial charge in [-0.1, -0.05) is 24.3 Å². The van der Waals surface area contributed by atoms with Crippen molar-refractivity contribution in [3.8, 4) is 5.75 Å². The van der Waals surface area contributed by atoms with Crippen LogP contribution in [0.15, 0.2) is 58.3 Å². The number of alkyl halides is 3. The molecule has 0 fully saturated rings. The first-order valence-electron chi connectivity index (χ1n) is 11.7. The molecule has 198 valence electrons. The Hall–Kier alpha value is -3.80. The molecule has 9 nitrogen and oxygen atoms in total. The molecule has 37 heavy (non-hydrogen) atoms. The minimum absolute atomic E-state index is 0.0302. The van der Waals surface area contributed by atoms with E-state index in [-0.39, 0.29) is 42.3 Å². The molecule has 0 spiro atoms. The number of aromatic nitrogens is 4. The average molecular weight is 520 g/mol. The van der Waals surface area contributed by atoms with Crippen molar-refractivity contribution in [3.63, 3.8) is 0 Å². The molecule has 12 heteroatoms. The van der Waals surface area contributed by atoms with Gasteiger partial charge in [-0.05, 0) is 43.3 Å². The second-order valence-electron chi connectivity index (χ2n) is 9.08. The third kappa shape index (κ3) is 5.79. The molecule has 1 aliphatic heterocycles. The summed E-state index contributed by atoms with van der Waals surface area (Å²) in [5, 5.41) is 9.70. The molecule has 0 amide bonds. The van der Waals surface area contributed by atoms with Gasteiger partial charge in [0.25, 0.3) is 5.56 Å². The largest absolute Gasteiger partial charge is 0.573 e. The Morgan fingerprint density at radius 3 is 2.59 bits per heavy atom. The van der Waals surface area contributed by atoms with E-state index in [2.05, 4.69) is 9.72 Å². The summed E-state index contributed by atoms with van der Waals surface area (Å²) < 4.78 is 46.3. The van der Waals surface area contributed by atoms with Crippen LogP contribution in [-0.2, 0) is 26.6 Å². The molecule has 0 bridgehead atoms. The van der Waals surface area contributed by atoms with Gasteiger partial charge in [0.15, 0.2) is 11.2 Å². The maximum Gasteiger partial charge on any atom is 0.573 e. The maximum atomic E-state index is 13.6. The van der Waals surface area contributed by atoms with E-state index < -0.39 is 23.7 Å². The lowest BCUT2D eigenvalue weighted by Gasteiger charge is -2.27. The molecule has 1 aliphatic rings. The summed E-state index contributed by atoms with van der Waals surface area (Å²) in [5.74, 6) is 0.0523. The van der Waals surface area contributed by atoms with E-state index in [9.17, 15) is 27.9 Å². The molecule has 0 radical (unpaired) electrons. The van der Waals surface area contributed by atoms with Gasteiger partial charge in [0, 0.05) is 33.6 Å². The van der Waals surface area contributed by atoms with Crippen molar-refractivity contribution in [2.45, 2.75) is 51.4 Å². The van der Waals surface area contributed by atoms with Gasteiger partial charge < -0.3 is 19.3 Å².